The van der Waals surface area contributed by atoms with E-state index in [4.69, 9.17) is 11.6 Å². The maximum absolute atomic E-state index is 14.0. The molecule has 1 saturated heterocycles. The molecule has 3 aromatic rings. The highest BCUT2D eigenvalue weighted by atomic mass is 35.5. The normalized spacial score (nSPS) is 19.6. The summed E-state index contributed by atoms with van der Waals surface area (Å²) in [7, 11) is 0. The van der Waals surface area contributed by atoms with Gasteiger partial charge >= 0.3 is 6.09 Å². The second kappa shape index (κ2) is 7.59. The molecule has 1 amide bonds. The van der Waals surface area contributed by atoms with Crippen molar-refractivity contribution in [3.05, 3.63) is 53.6 Å². The van der Waals surface area contributed by atoms with E-state index in [1.807, 2.05) is 36.4 Å². The number of piperidine rings is 1. The Morgan fingerprint density at radius 2 is 1.82 bits per heavy atom. The van der Waals surface area contributed by atoms with E-state index >= 15 is 0 Å². The van der Waals surface area contributed by atoms with Crippen molar-refractivity contribution in [2.24, 2.45) is 0 Å². The van der Waals surface area contributed by atoms with Crippen molar-refractivity contribution >= 4 is 34.3 Å². The number of rotatable bonds is 3. The lowest BCUT2D eigenvalue weighted by atomic mass is 10.0. The van der Waals surface area contributed by atoms with Crippen LogP contribution in [0.1, 0.15) is 6.42 Å². The van der Waals surface area contributed by atoms with Crippen LogP contribution >= 0.6 is 11.6 Å². The van der Waals surface area contributed by atoms with E-state index in [2.05, 4.69) is 15.5 Å². The molecule has 2 heterocycles. The van der Waals surface area contributed by atoms with E-state index in [0.29, 0.717) is 10.8 Å². The minimum absolute atomic E-state index is 0.102. The molecule has 0 radical (unpaired) electrons. The molecule has 0 unspecified atom stereocenters. The smallest absolute Gasteiger partial charge is 0.407 e. The van der Waals surface area contributed by atoms with E-state index in [1.165, 1.54) is 0 Å². The highest BCUT2D eigenvalue weighted by Crippen LogP contribution is 2.31. The molecule has 2 atom stereocenters. The fraction of sp³-hybridized carbons (Fsp3) is 0.250. The summed E-state index contributed by atoms with van der Waals surface area (Å²) in [6, 6.07) is 14.6. The van der Waals surface area contributed by atoms with Gasteiger partial charge in [-0.05, 0) is 12.1 Å². The zero-order valence-electron chi connectivity index (χ0n) is 14.8. The number of benzene rings is 2. The molecular formula is C20H18ClFN4O2. The van der Waals surface area contributed by atoms with E-state index in [-0.39, 0.29) is 25.6 Å². The SMILES string of the molecule is O=C(O)N1C[C@H](F)C[C@@H](Nc2nnc(-c3ccc(Cl)cc3)c3ccccc23)C1. The van der Waals surface area contributed by atoms with Gasteiger partial charge in [0, 0.05) is 40.4 Å². The molecular weight excluding hydrogens is 383 g/mol. The molecule has 8 heteroatoms. The molecule has 1 aliphatic heterocycles. The number of hydrogen-bond donors (Lipinski definition) is 2. The third kappa shape index (κ3) is 3.71. The van der Waals surface area contributed by atoms with Crippen LogP contribution in [0.4, 0.5) is 15.0 Å². The second-order valence-corrected chi connectivity index (χ2v) is 7.25. The Morgan fingerprint density at radius 1 is 1.11 bits per heavy atom. The Balaban J connectivity index is 1.68. The Hall–Kier alpha value is -2.93. The number of hydrogen-bond acceptors (Lipinski definition) is 4. The van der Waals surface area contributed by atoms with Gasteiger partial charge in [0.25, 0.3) is 0 Å². The van der Waals surface area contributed by atoms with Crippen molar-refractivity contribution in [3.8, 4) is 11.3 Å². The van der Waals surface area contributed by atoms with Crippen molar-refractivity contribution in [1.82, 2.24) is 15.1 Å². The molecule has 144 valence electrons. The largest absolute Gasteiger partial charge is 0.465 e. The first-order chi connectivity index (χ1) is 13.5. The Bertz CT molecular complexity index is 1010. The second-order valence-electron chi connectivity index (χ2n) is 6.81. The number of likely N-dealkylation sites (tertiary alicyclic amines) is 1. The van der Waals surface area contributed by atoms with Crippen LogP contribution < -0.4 is 5.32 Å². The van der Waals surface area contributed by atoms with Crippen molar-refractivity contribution < 1.29 is 14.3 Å². The van der Waals surface area contributed by atoms with Crippen molar-refractivity contribution in [1.29, 1.82) is 0 Å². The van der Waals surface area contributed by atoms with Crippen LogP contribution in [-0.4, -0.2) is 51.6 Å². The summed E-state index contributed by atoms with van der Waals surface area (Å²) in [5.41, 5.74) is 1.61. The predicted molar refractivity (Wildman–Crippen MR) is 107 cm³/mol. The molecule has 0 spiro atoms. The highest BCUT2D eigenvalue weighted by Gasteiger charge is 2.30. The lowest BCUT2D eigenvalue weighted by Gasteiger charge is -2.33. The molecule has 4 rings (SSSR count). The van der Waals surface area contributed by atoms with Gasteiger partial charge in [0.05, 0.1) is 6.54 Å². The van der Waals surface area contributed by atoms with Gasteiger partial charge in [-0.2, -0.15) is 0 Å². The molecule has 0 saturated carbocycles. The zero-order valence-corrected chi connectivity index (χ0v) is 15.6. The summed E-state index contributed by atoms with van der Waals surface area (Å²) in [5, 5.41) is 23.4. The molecule has 2 N–H and O–H groups in total. The third-order valence-corrected chi connectivity index (χ3v) is 5.07. The van der Waals surface area contributed by atoms with Crippen LogP contribution in [-0.2, 0) is 0 Å². The Morgan fingerprint density at radius 3 is 2.54 bits per heavy atom. The molecule has 28 heavy (non-hydrogen) atoms. The first-order valence-electron chi connectivity index (χ1n) is 8.91. The molecule has 2 aromatic carbocycles. The number of carbonyl (C=O) groups is 1. The van der Waals surface area contributed by atoms with Crippen LogP contribution in [0.2, 0.25) is 5.02 Å². The first kappa shape index (κ1) is 18.4. The van der Waals surface area contributed by atoms with E-state index < -0.39 is 12.3 Å². The lowest BCUT2D eigenvalue weighted by Crippen LogP contribution is -2.49. The summed E-state index contributed by atoms with van der Waals surface area (Å²) >= 11 is 5.97. The summed E-state index contributed by atoms with van der Waals surface area (Å²) in [6.45, 7) is 0.0974. The number of anilines is 1. The molecule has 1 aromatic heterocycles. The van der Waals surface area contributed by atoms with Gasteiger partial charge in [-0.1, -0.05) is 48.0 Å². The summed E-state index contributed by atoms with van der Waals surface area (Å²) < 4.78 is 14.0. The van der Waals surface area contributed by atoms with Crippen LogP contribution in [0.3, 0.4) is 0 Å². The van der Waals surface area contributed by atoms with Gasteiger partial charge in [-0.3, -0.25) is 0 Å². The van der Waals surface area contributed by atoms with Crippen molar-refractivity contribution in [2.45, 2.75) is 18.6 Å². The third-order valence-electron chi connectivity index (χ3n) is 4.82. The number of alkyl halides is 1. The van der Waals surface area contributed by atoms with Gasteiger partial charge in [0.15, 0.2) is 5.82 Å². The fourth-order valence-corrected chi connectivity index (χ4v) is 3.65. The number of aromatic nitrogens is 2. The van der Waals surface area contributed by atoms with Gasteiger partial charge in [0.1, 0.15) is 11.9 Å². The summed E-state index contributed by atoms with van der Waals surface area (Å²) in [4.78, 5) is 12.3. The lowest BCUT2D eigenvalue weighted by molar-refractivity contribution is 0.102. The maximum atomic E-state index is 14.0. The quantitative estimate of drug-likeness (QED) is 0.679. The van der Waals surface area contributed by atoms with Crippen LogP contribution in [0.15, 0.2) is 48.5 Å². The van der Waals surface area contributed by atoms with Crippen LogP contribution in [0.5, 0.6) is 0 Å². The number of fused-ring (bicyclic) bond motifs is 1. The monoisotopic (exact) mass is 400 g/mol. The number of nitrogens with one attached hydrogen (secondary N) is 1. The average molecular weight is 401 g/mol. The van der Waals surface area contributed by atoms with Gasteiger partial charge in [0.2, 0.25) is 0 Å². The maximum Gasteiger partial charge on any atom is 0.407 e. The molecule has 0 aliphatic carbocycles. The minimum Gasteiger partial charge on any atom is -0.465 e. The zero-order chi connectivity index (χ0) is 19.7. The highest BCUT2D eigenvalue weighted by molar-refractivity contribution is 6.30. The van der Waals surface area contributed by atoms with Crippen LogP contribution in [0, 0.1) is 0 Å². The number of amides is 1. The molecule has 6 nitrogen and oxygen atoms in total. The van der Waals surface area contributed by atoms with Crippen molar-refractivity contribution in [2.75, 3.05) is 18.4 Å². The Labute approximate surface area is 165 Å². The van der Waals surface area contributed by atoms with Gasteiger partial charge < -0.3 is 15.3 Å². The summed E-state index contributed by atoms with van der Waals surface area (Å²) in [6.07, 6.45) is -2.11. The molecule has 0 bridgehead atoms. The van der Waals surface area contributed by atoms with Crippen molar-refractivity contribution in [3.63, 3.8) is 0 Å². The fourth-order valence-electron chi connectivity index (χ4n) is 3.52. The number of carboxylic acid groups (broad SMARTS) is 1. The van der Waals surface area contributed by atoms with E-state index in [0.717, 1.165) is 26.9 Å². The van der Waals surface area contributed by atoms with E-state index in [9.17, 15) is 14.3 Å². The molecule has 1 fully saturated rings. The predicted octanol–water partition coefficient (Wildman–Crippen LogP) is 4.45. The Kier molecular flexibility index (Phi) is 5.00. The summed E-state index contributed by atoms with van der Waals surface area (Å²) in [5.74, 6) is 0.512. The first-order valence-corrected chi connectivity index (χ1v) is 9.29. The minimum atomic E-state index is -1.21. The standard InChI is InChI=1S/C20H18ClFN4O2/c21-13-7-5-12(6-8-13)18-16-3-1-2-4-17(16)19(25-24-18)23-15-9-14(22)10-26(11-15)20(27)28/h1-8,14-15H,9-11H2,(H,23,25)(H,27,28)/t14-,15-/m1/s1. The van der Waals surface area contributed by atoms with E-state index in [1.54, 1.807) is 12.1 Å². The topological polar surface area (TPSA) is 78.4 Å². The van der Waals surface area contributed by atoms with Gasteiger partial charge in [-0.15, -0.1) is 10.2 Å². The number of nitrogens with zero attached hydrogens (tertiary/aromatic N) is 3. The van der Waals surface area contributed by atoms with Crippen LogP contribution in [0.25, 0.3) is 22.0 Å². The van der Waals surface area contributed by atoms with Gasteiger partial charge in [-0.25, -0.2) is 9.18 Å². The number of halogens is 2. The average Bonchev–Trinajstić information content (AvgIpc) is 2.69. The molecule has 1 aliphatic rings.